The van der Waals surface area contributed by atoms with Crippen LogP contribution in [0.5, 0.6) is 0 Å². The fraction of sp³-hybridized carbons (Fsp3) is 0.529. The minimum atomic E-state index is 0.374. The van der Waals surface area contributed by atoms with E-state index in [1.165, 1.54) is 17.4 Å². The number of nitrogens with zero attached hydrogens (tertiary/aromatic N) is 1. The fourth-order valence-electron chi connectivity index (χ4n) is 3.34. The second kappa shape index (κ2) is 5.58. The lowest BCUT2D eigenvalue weighted by atomic mass is 9.90. The summed E-state index contributed by atoms with van der Waals surface area (Å²) in [5.74, 6) is 1.68. The van der Waals surface area contributed by atoms with E-state index in [2.05, 4.69) is 30.9 Å². The van der Waals surface area contributed by atoms with Crippen molar-refractivity contribution in [1.82, 2.24) is 4.90 Å². The Morgan fingerprint density at radius 2 is 2.15 bits per heavy atom. The molecular weight excluding hydrogens is 248 g/mol. The minimum absolute atomic E-state index is 0.374. The minimum Gasteiger partial charge on any atom is -0.461 e. The number of hydrogen-bond acceptors (Lipinski definition) is 3. The van der Waals surface area contributed by atoms with Crippen molar-refractivity contribution in [2.45, 2.75) is 39.3 Å². The number of piperidine rings is 1. The molecule has 108 valence electrons. The van der Waals surface area contributed by atoms with Crippen LogP contribution in [0.15, 0.2) is 28.7 Å². The lowest BCUT2D eigenvalue weighted by Gasteiger charge is -2.36. The molecule has 3 heteroatoms. The van der Waals surface area contributed by atoms with Crippen LogP contribution in [-0.2, 0) is 6.54 Å². The molecule has 1 aromatic heterocycles. The molecule has 2 unspecified atom stereocenters. The van der Waals surface area contributed by atoms with E-state index < -0.39 is 0 Å². The van der Waals surface area contributed by atoms with Crippen LogP contribution < -0.4 is 5.73 Å². The maximum absolute atomic E-state index is 6.20. The number of benzene rings is 1. The monoisotopic (exact) mass is 272 g/mol. The Morgan fingerprint density at radius 3 is 2.95 bits per heavy atom. The summed E-state index contributed by atoms with van der Waals surface area (Å²) in [6.07, 6.45) is 2.27. The SMILES string of the molecule is CCC1CN(Cc2c(C)oc3ccccc23)CCC1N. The molecule has 20 heavy (non-hydrogen) atoms. The predicted molar refractivity (Wildman–Crippen MR) is 82.6 cm³/mol. The van der Waals surface area contributed by atoms with Crippen LogP contribution in [-0.4, -0.2) is 24.0 Å². The van der Waals surface area contributed by atoms with Gasteiger partial charge in [0.2, 0.25) is 0 Å². The topological polar surface area (TPSA) is 42.4 Å². The van der Waals surface area contributed by atoms with Crippen molar-refractivity contribution >= 4 is 11.0 Å². The van der Waals surface area contributed by atoms with Gasteiger partial charge >= 0.3 is 0 Å². The Balaban J connectivity index is 1.81. The first kappa shape index (κ1) is 13.7. The summed E-state index contributed by atoms with van der Waals surface area (Å²) in [6.45, 7) is 7.49. The van der Waals surface area contributed by atoms with Gasteiger partial charge in [0.15, 0.2) is 0 Å². The van der Waals surface area contributed by atoms with Crippen molar-refractivity contribution in [3.05, 3.63) is 35.6 Å². The molecule has 1 aliphatic heterocycles. The predicted octanol–water partition coefficient (Wildman–Crippen LogP) is 3.30. The highest BCUT2D eigenvalue weighted by atomic mass is 16.3. The van der Waals surface area contributed by atoms with Gasteiger partial charge in [0.25, 0.3) is 0 Å². The van der Waals surface area contributed by atoms with Crippen LogP contribution in [0.2, 0.25) is 0 Å². The third kappa shape index (κ3) is 2.48. The smallest absolute Gasteiger partial charge is 0.134 e. The largest absolute Gasteiger partial charge is 0.461 e. The number of hydrogen-bond donors (Lipinski definition) is 1. The van der Waals surface area contributed by atoms with E-state index in [4.69, 9.17) is 10.2 Å². The van der Waals surface area contributed by atoms with E-state index in [0.717, 1.165) is 37.4 Å². The van der Waals surface area contributed by atoms with Gasteiger partial charge in [0.05, 0.1) is 0 Å². The first-order chi connectivity index (χ1) is 9.69. The van der Waals surface area contributed by atoms with Crippen molar-refractivity contribution in [2.75, 3.05) is 13.1 Å². The molecule has 0 radical (unpaired) electrons. The second-order valence-electron chi connectivity index (χ2n) is 5.99. The summed E-state index contributed by atoms with van der Waals surface area (Å²) < 4.78 is 5.86. The van der Waals surface area contributed by atoms with Crippen molar-refractivity contribution in [3.63, 3.8) is 0 Å². The average molecular weight is 272 g/mol. The Labute approximate surface area is 120 Å². The van der Waals surface area contributed by atoms with Crippen molar-refractivity contribution < 1.29 is 4.42 Å². The maximum Gasteiger partial charge on any atom is 0.134 e. The molecule has 0 saturated carbocycles. The lowest BCUT2D eigenvalue weighted by molar-refractivity contribution is 0.145. The van der Waals surface area contributed by atoms with Gasteiger partial charge in [-0.25, -0.2) is 0 Å². The quantitative estimate of drug-likeness (QED) is 0.932. The number of furan rings is 1. The molecule has 1 fully saturated rings. The molecule has 3 nitrogen and oxygen atoms in total. The summed E-state index contributed by atoms with van der Waals surface area (Å²) in [5, 5.41) is 1.26. The number of aryl methyl sites for hydroxylation is 1. The fourth-order valence-corrected chi connectivity index (χ4v) is 3.34. The molecule has 3 rings (SSSR count). The zero-order valence-corrected chi connectivity index (χ0v) is 12.4. The summed E-state index contributed by atoms with van der Waals surface area (Å²) in [5.41, 5.74) is 8.54. The summed E-state index contributed by atoms with van der Waals surface area (Å²) in [6, 6.07) is 8.70. The Morgan fingerprint density at radius 1 is 1.35 bits per heavy atom. The van der Waals surface area contributed by atoms with E-state index in [0.29, 0.717) is 12.0 Å². The number of nitrogens with two attached hydrogens (primary N) is 1. The molecule has 2 atom stereocenters. The van der Waals surface area contributed by atoms with Gasteiger partial charge in [0, 0.05) is 30.1 Å². The van der Waals surface area contributed by atoms with Crippen LogP contribution >= 0.6 is 0 Å². The summed E-state index contributed by atoms with van der Waals surface area (Å²) in [7, 11) is 0. The Bertz CT molecular complexity index is 590. The van der Waals surface area contributed by atoms with Crippen LogP contribution in [0.25, 0.3) is 11.0 Å². The van der Waals surface area contributed by atoms with E-state index in [9.17, 15) is 0 Å². The summed E-state index contributed by atoms with van der Waals surface area (Å²) in [4.78, 5) is 2.53. The van der Waals surface area contributed by atoms with Crippen LogP contribution in [0.1, 0.15) is 31.1 Å². The Kier molecular flexibility index (Phi) is 3.81. The van der Waals surface area contributed by atoms with Crippen LogP contribution in [0.3, 0.4) is 0 Å². The molecule has 2 aromatic rings. The van der Waals surface area contributed by atoms with Gasteiger partial charge in [-0.2, -0.15) is 0 Å². The number of likely N-dealkylation sites (tertiary alicyclic amines) is 1. The molecule has 0 amide bonds. The van der Waals surface area contributed by atoms with Crippen LogP contribution in [0, 0.1) is 12.8 Å². The normalized spacial score (nSPS) is 24.4. The number of para-hydroxylation sites is 1. The molecule has 0 spiro atoms. The second-order valence-corrected chi connectivity index (χ2v) is 5.99. The van der Waals surface area contributed by atoms with Crippen LogP contribution in [0.4, 0.5) is 0 Å². The maximum atomic E-state index is 6.20. The molecule has 0 aliphatic carbocycles. The van der Waals surface area contributed by atoms with Gasteiger partial charge in [-0.05, 0) is 31.9 Å². The first-order valence-electron chi connectivity index (χ1n) is 7.64. The van der Waals surface area contributed by atoms with E-state index in [-0.39, 0.29) is 0 Å². The van der Waals surface area contributed by atoms with E-state index >= 15 is 0 Å². The van der Waals surface area contributed by atoms with Crippen molar-refractivity contribution in [2.24, 2.45) is 11.7 Å². The van der Waals surface area contributed by atoms with Gasteiger partial charge in [-0.3, -0.25) is 4.90 Å². The molecule has 1 saturated heterocycles. The lowest BCUT2D eigenvalue weighted by Crippen LogP contribution is -2.46. The van der Waals surface area contributed by atoms with Crippen molar-refractivity contribution in [1.29, 1.82) is 0 Å². The third-order valence-electron chi connectivity index (χ3n) is 4.68. The number of rotatable bonds is 3. The molecule has 1 aliphatic rings. The highest BCUT2D eigenvalue weighted by Gasteiger charge is 2.26. The number of fused-ring (bicyclic) bond motifs is 1. The highest BCUT2D eigenvalue weighted by molar-refractivity contribution is 5.82. The van der Waals surface area contributed by atoms with Gasteiger partial charge in [-0.15, -0.1) is 0 Å². The molecular formula is C17H24N2O. The van der Waals surface area contributed by atoms with Gasteiger partial charge in [-0.1, -0.05) is 31.5 Å². The third-order valence-corrected chi connectivity index (χ3v) is 4.68. The molecule has 2 N–H and O–H groups in total. The van der Waals surface area contributed by atoms with Crippen molar-refractivity contribution in [3.8, 4) is 0 Å². The highest BCUT2D eigenvalue weighted by Crippen LogP contribution is 2.28. The molecule has 1 aromatic carbocycles. The van der Waals surface area contributed by atoms with Gasteiger partial charge in [0.1, 0.15) is 11.3 Å². The molecule has 0 bridgehead atoms. The van der Waals surface area contributed by atoms with E-state index in [1.54, 1.807) is 0 Å². The zero-order chi connectivity index (χ0) is 14.1. The standard InChI is InChI=1S/C17H24N2O/c1-3-13-10-19(9-8-16(13)18)11-15-12(2)20-17-7-5-4-6-14(15)17/h4-7,13,16H,3,8-11,18H2,1-2H3. The zero-order valence-electron chi connectivity index (χ0n) is 12.4. The summed E-state index contributed by atoms with van der Waals surface area (Å²) >= 11 is 0. The van der Waals surface area contributed by atoms with Gasteiger partial charge < -0.3 is 10.2 Å². The molecule has 2 heterocycles. The Hall–Kier alpha value is -1.32. The average Bonchev–Trinajstić information content (AvgIpc) is 2.77. The van der Waals surface area contributed by atoms with E-state index in [1.807, 2.05) is 12.1 Å². The first-order valence-corrected chi connectivity index (χ1v) is 7.64.